The average molecular weight is 389 g/mol. The summed E-state index contributed by atoms with van der Waals surface area (Å²) in [5.41, 5.74) is 1.72. The van der Waals surface area contributed by atoms with Crippen molar-refractivity contribution in [1.82, 2.24) is 10.6 Å². The molecule has 2 aromatic rings. The number of aromatic hydroxyl groups is 1. The molecule has 0 fully saturated rings. The molecule has 0 aliphatic carbocycles. The van der Waals surface area contributed by atoms with E-state index >= 15 is 0 Å². The molecule has 0 aromatic heterocycles. The van der Waals surface area contributed by atoms with Gasteiger partial charge < -0.3 is 25.2 Å². The second kappa shape index (κ2) is 10.4. The molecule has 2 rings (SSSR count). The number of nitrogens with zero attached hydrogens (tertiary/aromatic N) is 1. The molecule has 0 bridgehead atoms. The van der Waals surface area contributed by atoms with E-state index in [0.29, 0.717) is 37.0 Å². The maximum atomic E-state index is 13.5. The van der Waals surface area contributed by atoms with Gasteiger partial charge in [0.2, 0.25) is 0 Å². The molecule has 0 saturated carbocycles. The minimum absolute atomic E-state index is 0.0439. The first-order chi connectivity index (χ1) is 13.5. The normalized spacial score (nSPS) is 12.4. The molecule has 2 aromatic carbocycles. The summed E-state index contributed by atoms with van der Waals surface area (Å²) in [6.07, 6.45) is 0. The van der Waals surface area contributed by atoms with Gasteiger partial charge >= 0.3 is 0 Å². The highest BCUT2D eigenvalue weighted by molar-refractivity contribution is 5.80. The molecule has 0 heterocycles. The summed E-state index contributed by atoms with van der Waals surface area (Å²) < 4.78 is 24.7. The average Bonchev–Trinajstić information content (AvgIpc) is 2.69. The Morgan fingerprint density at radius 2 is 1.82 bits per heavy atom. The van der Waals surface area contributed by atoms with Gasteiger partial charge in [0.15, 0.2) is 29.0 Å². The summed E-state index contributed by atoms with van der Waals surface area (Å²) >= 11 is 0. The molecular formula is C21H28FN3O3. The van der Waals surface area contributed by atoms with Crippen LogP contribution < -0.4 is 20.1 Å². The van der Waals surface area contributed by atoms with Gasteiger partial charge in [-0.05, 0) is 56.2 Å². The number of ether oxygens (including phenoxy) is 2. The van der Waals surface area contributed by atoms with E-state index in [2.05, 4.69) is 15.6 Å². The Labute approximate surface area is 165 Å². The molecular weight excluding hydrogens is 361 g/mol. The number of phenolic OH excluding ortho intramolecular Hbond substituents is 1. The first-order valence-electron chi connectivity index (χ1n) is 9.32. The van der Waals surface area contributed by atoms with Gasteiger partial charge in [0.1, 0.15) is 0 Å². The van der Waals surface area contributed by atoms with E-state index in [1.807, 2.05) is 39.0 Å². The Kier molecular flexibility index (Phi) is 7.92. The third-order valence-corrected chi connectivity index (χ3v) is 4.12. The zero-order chi connectivity index (χ0) is 20.5. The van der Waals surface area contributed by atoms with E-state index in [1.54, 1.807) is 13.1 Å². The monoisotopic (exact) mass is 389 g/mol. The van der Waals surface area contributed by atoms with Crippen LogP contribution in [0, 0.1) is 5.82 Å². The van der Waals surface area contributed by atoms with Crippen LogP contribution in [0.15, 0.2) is 41.4 Å². The Bertz CT molecular complexity index is 811. The second-order valence-corrected chi connectivity index (χ2v) is 6.15. The Morgan fingerprint density at radius 3 is 2.46 bits per heavy atom. The van der Waals surface area contributed by atoms with Crippen LogP contribution in [0.5, 0.6) is 17.2 Å². The molecule has 0 aliphatic rings. The summed E-state index contributed by atoms with van der Waals surface area (Å²) in [5.74, 6) is 0.997. The fraction of sp³-hybridized carbons (Fsp3) is 0.381. The topological polar surface area (TPSA) is 75.1 Å². The smallest absolute Gasteiger partial charge is 0.191 e. The minimum atomic E-state index is -0.645. The second-order valence-electron chi connectivity index (χ2n) is 6.15. The number of benzene rings is 2. The quantitative estimate of drug-likeness (QED) is 0.474. The molecule has 7 heteroatoms. The Morgan fingerprint density at radius 1 is 1.11 bits per heavy atom. The first-order valence-corrected chi connectivity index (χ1v) is 9.32. The van der Waals surface area contributed by atoms with Crippen LogP contribution >= 0.6 is 0 Å². The van der Waals surface area contributed by atoms with E-state index in [-0.39, 0.29) is 11.8 Å². The molecule has 0 aliphatic heterocycles. The number of guanidine groups is 1. The summed E-state index contributed by atoms with van der Waals surface area (Å²) in [4.78, 5) is 4.21. The van der Waals surface area contributed by atoms with Crippen molar-refractivity contribution in [1.29, 1.82) is 0 Å². The highest BCUT2D eigenvalue weighted by atomic mass is 19.1. The molecule has 0 saturated heterocycles. The van der Waals surface area contributed by atoms with Crippen molar-refractivity contribution in [2.24, 2.45) is 4.99 Å². The van der Waals surface area contributed by atoms with Crippen molar-refractivity contribution in [3.63, 3.8) is 0 Å². The third-order valence-electron chi connectivity index (χ3n) is 4.12. The molecule has 1 unspecified atom stereocenters. The maximum Gasteiger partial charge on any atom is 0.191 e. The number of rotatable bonds is 8. The van der Waals surface area contributed by atoms with Gasteiger partial charge in [-0.1, -0.05) is 12.1 Å². The molecule has 3 N–H and O–H groups in total. The minimum Gasteiger partial charge on any atom is -0.505 e. The van der Waals surface area contributed by atoms with Gasteiger partial charge in [-0.15, -0.1) is 0 Å². The van der Waals surface area contributed by atoms with E-state index in [0.717, 1.165) is 11.3 Å². The van der Waals surface area contributed by atoms with E-state index in [4.69, 9.17) is 9.47 Å². The van der Waals surface area contributed by atoms with Crippen molar-refractivity contribution >= 4 is 5.96 Å². The standard InChI is InChI=1S/C21H28FN3O3/c1-5-27-19-10-8-16(12-20(19)28-6-2)14(3)25-21(23-4)24-13-15-7-9-18(26)17(22)11-15/h7-12,14,26H,5-6,13H2,1-4H3,(H2,23,24,25). The number of halogens is 1. The summed E-state index contributed by atoms with van der Waals surface area (Å²) in [6.45, 7) is 7.38. The largest absolute Gasteiger partial charge is 0.505 e. The molecule has 0 amide bonds. The highest BCUT2D eigenvalue weighted by Crippen LogP contribution is 2.30. The van der Waals surface area contributed by atoms with Crippen molar-refractivity contribution in [2.45, 2.75) is 33.4 Å². The highest BCUT2D eigenvalue weighted by Gasteiger charge is 2.12. The summed E-state index contributed by atoms with van der Waals surface area (Å²) in [7, 11) is 1.67. The van der Waals surface area contributed by atoms with Crippen LogP contribution in [0.4, 0.5) is 4.39 Å². The van der Waals surface area contributed by atoms with Crippen molar-refractivity contribution in [3.05, 3.63) is 53.3 Å². The molecule has 6 nitrogen and oxygen atoms in total. The number of nitrogens with one attached hydrogen (secondary N) is 2. The van der Waals surface area contributed by atoms with Crippen LogP contribution in [0.25, 0.3) is 0 Å². The number of hydrogen-bond acceptors (Lipinski definition) is 4. The predicted molar refractivity (Wildman–Crippen MR) is 109 cm³/mol. The lowest BCUT2D eigenvalue weighted by atomic mass is 10.1. The Balaban J connectivity index is 2.03. The molecule has 0 spiro atoms. The zero-order valence-corrected chi connectivity index (χ0v) is 16.8. The summed E-state index contributed by atoms with van der Waals surface area (Å²) in [5, 5.41) is 15.7. The van der Waals surface area contributed by atoms with Crippen LogP contribution in [-0.2, 0) is 6.54 Å². The SMILES string of the molecule is CCOc1ccc(C(C)NC(=NC)NCc2ccc(O)c(F)c2)cc1OCC. The fourth-order valence-electron chi connectivity index (χ4n) is 2.67. The van der Waals surface area contributed by atoms with E-state index < -0.39 is 5.82 Å². The van der Waals surface area contributed by atoms with E-state index in [1.165, 1.54) is 12.1 Å². The third kappa shape index (κ3) is 5.77. The lowest BCUT2D eigenvalue weighted by Crippen LogP contribution is -2.38. The number of aliphatic imine (C=N–C) groups is 1. The van der Waals surface area contributed by atoms with Crippen LogP contribution in [0.2, 0.25) is 0 Å². The van der Waals surface area contributed by atoms with Crippen molar-refractivity contribution in [2.75, 3.05) is 20.3 Å². The molecule has 0 radical (unpaired) electrons. The van der Waals surface area contributed by atoms with Gasteiger partial charge in [-0.3, -0.25) is 4.99 Å². The summed E-state index contributed by atoms with van der Waals surface area (Å²) in [6, 6.07) is 10.1. The van der Waals surface area contributed by atoms with E-state index in [9.17, 15) is 9.50 Å². The fourth-order valence-corrected chi connectivity index (χ4v) is 2.67. The first kappa shape index (κ1) is 21.3. The molecule has 152 valence electrons. The molecule has 1 atom stereocenters. The van der Waals surface area contributed by atoms with Gasteiger partial charge in [0.05, 0.1) is 19.3 Å². The van der Waals surface area contributed by atoms with Crippen molar-refractivity contribution in [3.8, 4) is 17.2 Å². The molecule has 28 heavy (non-hydrogen) atoms. The Hall–Kier alpha value is -2.96. The van der Waals surface area contributed by atoms with Crippen molar-refractivity contribution < 1.29 is 19.0 Å². The van der Waals surface area contributed by atoms with Crippen LogP contribution in [0.3, 0.4) is 0 Å². The van der Waals surface area contributed by atoms with Gasteiger partial charge in [0, 0.05) is 13.6 Å². The lowest BCUT2D eigenvalue weighted by Gasteiger charge is -2.20. The number of phenols is 1. The van der Waals surface area contributed by atoms with Gasteiger partial charge in [0.25, 0.3) is 0 Å². The predicted octanol–water partition coefficient (Wildman–Crippen LogP) is 3.75. The number of hydrogen-bond donors (Lipinski definition) is 3. The lowest BCUT2D eigenvalue weighted by molar-refractivity contribution is 0.287. The van der Waals surface area contributed by atoms with Gasteiger partial charge in [-0.25, -0.2) is 4.39 Å². The van der Waals surface area contributed by atoms with Crippen LogP contribution in [-0.4, -0.2) is 31.3 Å². The van der Waals surface area contributed by atoms with Crippen LogP contribution in [0.1, 0.15) is 37.9 Å². The van der Waals surface area contributed by atoms with Gasteiger partial charge in [-0.2, -0.15) is 0 Å². The zero-order valence-electron chi connectivity index (χ0n) is 16.8. The maximum absolute atomic E-state index is 13.5.